The standard InChI is InChI=1S/C44H36Cl2F4N4O10/c1-16(29-19(4)53(41(59)21-6-10-23(45)11-7-21)27-14-25(47)37(55)33(49)31(27)29)39(57)51-35(18(3)43(61)62)36(44(63)64)52-40(58)17(2)30-20(5)54(42(60)22-8-12-24(46)13-9-22)28-15-26(48)38(56)34(50)32(28)30/h6-18,35-36,55-56H,1-5H3,(H,51,57)(H,52,58)(H,61,62)(H,63,64)/t16-,17-,18?,35?,36?/m0/s1. The Hall–Kier alpha value is -6.92. The maximum Gasteiger partial charge on any atom is 0.328 e. The predicted molar refractivity (Wildman–Crippen MR) is 224 cm³/mol. The number of nitrogens with zero attached hydrogens (tertiary/aromatic N) is 2. The van der Waals surface area contributed by atoms with Crippen molar-refractivity contribution in [1.82, 2.24) is 19.8 Å². The Morgan fingerprint density at radius 1 is 0.594 bits per heavy atom. The highest BCUT2D eigenvalue weighted by Gasteiger charge is 2.41. The minimum absolute atomic E-state index is 0.00275. The first-order valence-corrected chi connectivity index (χ1v) is 19.9. The SMILES string of the molecule is Cc1c([C@H](C)C(=O)NC(C(=O)O)C(NC(=O)[C@@H](C)c2c(C)n(C(=O)c3ccc(Cl)cc3)c3cc(F)c(O)c(F)c23)C(C)C(=O)O)c2c(F)c(O)c(F)cc2n1C(=O)c1ccc(Cl)cc1. The zero-order valence-corrected chi connectivity index (χ0v) is 35.6. The molecule has 64 heavy (non-hydrogen) atoms. The summed E-state index contributed by atoms with van der Waals surface area (Å²) < 4.78 is 63.1. The lowest BCUT2D eigenvalue weighted by atomic mass is 9.90. The number of carbonyl (C=O) groups is 6. The van der Waals surface area contributed by atoms with Crippen LogP contribution in [0.15, 0.2) is 60.7 Å². The van der Waals surface area contributed by atoms with Crippen LogP contribution in [-0.4, -0.2) is 77.2 Å². The van der Waals surface area contributed by atoms with Crippen LogP contribution in [0.5, 0.6) is 11.5 Å². The van der Waals surface area contributed by atoms with E-state index in [-0.39, 0.29) is 43.7 Å². The fraction of sp³-hybridized carbons (Fsp3) is 0.227. The van der Waals surface area contributed by atoms with Gasteiger partial charge in [-0.3, -0.25) is 33.1 Å². The number of amides is 2. The molecule has 0 bridgehead atoms. The number of nitrogens with one attached hydrogen (secondary N) is 2. The molecule has 2 amide bonds. The second-order valence-corrected chi connectivity index (χ2v) is 15.9. The van der Waals surface area contributed by atoms with E-state index in [4.69, 9.17) is 23.2 Å². The number of carbonyl (C=O) groups excluding carboxylic acids is 4. The minimum atomic E-state index is -2.28. The molecule has 6 rings (SSSR count). The summed E-state index contributed by atoms with van der Waals surface area (Å²) in [5, 5.41) is 44.9. The first kappa shape index (κ1) is 46.6. The maximum atomic E-state index is 15.8. The molecular formula is C44H36Cl2F4N4O10. The molecule has 0 aliphatic rings. The van der Waals surface area contributed by atoms with E-state index < -0.39 is 122 Å². The Morgan fingerprint density at radius 2 is 0.953 bits per heavy atom. The normalized spacial score (nSPS) is 13.9. The number of carboxylic acids is 2. The summed E-state index contributed by atoms with van der Waals surface area (Å²) in [5.74, 6) is -21.5. The van der Waals surface area contributed by atoms with Crippen molar-refractivity contribution in [1.29, 1.82) is 0 Å². The number of halogens is 6. The van der Waals surface area contributed by atoms with Crippen molar-refractivity contribution in [3.05, 3.63) is 128 Å². The molecule has 2 aromatic heterocycles. The number of hydrogen-bond acceptors (Lipinski definition) is 8. The van der Waals surface area contributed by atoms with Crippen molar-refractivity contribution in [3.63, 3.8) is 0 Å². The molecular weight excluding hydrogens is 891 g/mol. The summed E-state index contributed by atoms with van der Waals surface area (Å²) in [6.45, 7) is 5.94. The third-order valence-electron chi connectivity index (χ3n) is 11.2. The van der Waals surface area contributed by atoms with Gasteiger partial charge in [0, 0.05) is 55.5 Å². The predicted octanol–water partition coefficient (Wildman–Crippen LogP) is 7.55. The second kappa shape index (κ2) is 17.7. The number of aromatic hydroxyl groups is 2. The highest BCUT2D eigenvalue weighted by atomic mass is 35.5. The highest BCUT2D eigenvalue weighted by Crippen LogP contribution is 2.41. The van der Waals surface area contributed by atoms with Gasteiger partial charge in [0.25, 0.3) is 11.8 Å². The fourth-order valence-corrected chi connectivity index (χ4v) is 8.09. The average Bonchev–Trinajstić information content (AvgIpc) is 3.70. The smallest absolute Gasteiger partial charge is 0.328 e. The summed E-state index contributed by atoms with van der Waals surface area (Å²) in [7, 11) is 0. The van der Waals surface area contributed by atoms with Crippen LogP contribution >= 0.6 is 23.2 Å². The summed E-state index contributed by atoms with van der Waals surface area (Å²) in [4.78, 5) is 81.2. The second-order valence-electron chi connectivity index (χ2n) is 15.1. The van der Waals surface area contributed by atoms with Crippen LogP contribution < -0.4 is 10.6 Å². The summed E-state index contributed by atoms with van der Waals surface area (Å²) in [6.07, 6.45) is 0. The lowest BCUT2D eigenvalue weighted by molar-refractivity contribution is -0.147. The summed E-state index contributed by atoms with van der Waals surface area (Å²) in [5.41, 5.74) is -1.64. The van der Waals surface area contributed by atoms with Crippen molar-refractivity contribution < 1.29 is 66.8 Å². The number of phenolic OH excluding ortho intramolecular Hbond substituents is 2. The van der Waals surface area contributed by atoms with Gasteiger partial charge in [-0.25, -0.2) is 22.4 Å². The van der Waals surface area contributed by atoms with Gasteiger partial charge in [0.2, 0.25) is 11.8 Å². The van der Waals surface area contributed by atoms with E-state index in [9.17, 15) is 58.0 Å². The molecule has 0 aliphatic carbocycles. The fourth-order valence-electron chi connectivity index (χ4n) is 7.83. The number of hydrogen-bond donors (Lipinski definition) is 6. The molecule has 20 heteroatoms. The largest absolute Gasteiger partial charge is 0.503 e. The molecule has 0 aliphatic heterocycles. The lowest BCUT2D eigenvalue weighted by Crippen LogP contribution is -2.60. The Morgan fingerprint density at radius 3 is 1.30 bits per heavy atom. The van der Waals surface area contributed by atoms with E-state index in [1.54, 1.807) is 0 Å². The van der Waals surface area contributed by atoms with Crippen molar-refractivity contribution in [3.8, 4) is 11.5 Å². The molecule has 334 valence electrons. The average molecular weight is 928 g/mol. The zero-order chi connectivity index (χ0) is 47.4. The Bertz CT molecular complexity index is 2950. The van der Waals surface area contributed by atoms with Crippen LogP contribution in [-0.2, 0) is 19.2 Å². The van der Waals surface area contributed by atoms with Crippen LogP contribution in [0.4, 0.5) is 17.6 Å². The van der Waals surface area contributed by atoms with Gasteiger partial charge in [-0.1, -0.05) is 23.2 Å². The topological polar surface area (TPSA) is 217 Å². The number of aliphatic carboxylic acids is 2. The molecule has 0 spiro atoms. The van der Waals surface area contributed by atoms with E-state index in [1.807, 2.05) is 0 Å². The van der Waals surface area contributed by atoms with E-state index in [1.165, 1.54) is 76.2 Å². The third-order valence-corrected chi connectivity index (χ3v) is 11.7. The van der Waals surface area contributed by atoms with Gasteiger partial charge in [0.05, 0.1) is 34.8 Å². The van der Waals surface area contributed by atoms with E-state index in [0.717, 1.165) is 16.1 Å². The molecule has 0 saturated heterocycles. The molecule has 0 fully saturated rings. The van der Waals surface area contributed by atoms with Crippen LogP contribution in [0.1, 0.15) is 75.8 Å². The van der Waals surface area contributed by atoms with Gasteiger partial charge < -0.3 is 31.1 Å². The Labute approximate surface area is 369 Å². The van der Waals surface area contributed by atoms with Crippen LogP contribution in [0, 0.1) is 43.0 Å². The zero-order valence-electron chi connectivity index (χ0n) is 34.1. The van der Waals surface area contributed by atoms with E-state index in [0.29, 0.717) is 12.1 Å². The van der Waals surface area contributed by atoms with Crippen molar-refractivity contribution in [2.45, 2.75) is 58.5 Å². The number of aromatic nitrogens is 2. The molecule has 4 aromatic carbocycles. The van der Waals surface area contributed by atoms with Gasteiger partial charge >= 0.3 is 11.9 Å². The Kier molecular flexibility index (Phi) is 12.9. The van der Waals surface area contributed by atoms with E-state index in [2.05, 4.69) is 10.6 Å². The quantitative estimate of drug-likeness (QED) is 0.0663. The van der Waals surface area contributed by atoms with Crippen molar-refractivity contribution >= 4 is 80.6 Å². The number of fused-ring (bicyclic) bond motifs is 2. The number of carboxylic acid groups (broad SMARTS) is 2. The molecule has 6 N–H and O–H groups in total. The van der Waals surface area contributed by atoms with Crippen molar-refractivity contribution in [2.24, 2.45) is 5.92 Å². The first-order valence-electron chi connectivity index (χ1n) is 19.1. The van der Waals surface area contributed by atoms with Crippen LogP contribution in [0.2, 0.25) is 10.0 Å². The summed E-state index contributed by atoms with van der Waals surface area (Å²) >= 11 is 11.9. The Balaban J connectivity index is 1.39. The van der Waals surface area contributed by atoms with Gasteiger partial charge in [-0.2, -0.15) is 0 Å². The molecule has 0 radical (unpaired) electrons. The first-order chi connectivity index (χ1) is 30.0. The lowest BCUT2D eigenvalue weighted by Gasteiger charge is -2.30. The van der Waals surface area contributed by atoms with E-state index >= 15 is 8.78 Å². The third kappa shape index (κ3) is 8.09. The molecule has 0 saturated carbocycles. The molecule has 6 aromatic rings. The minimum Gasteiger partial charge on any atom is -0.503 e. The number of phenols is 2. The highest BCUT2D eigenvalue weighted by molar-refractivity contribution is 6.31. The van der Waals surface area contributed by atoms with Gasteiger partial charge in [-0.05, 0) is 94.3 Å². The van der Waals surface area contributed by atoms with Gasteiger partial charge in [0.1, 0.15) is 6.04 Å². The monoisotopic (exact) mass is 926 g/mol. The maximum absolute atomic E-state index is 15.8. The summed E-state index contributed by atoms with van der Waals surface area (Å²) in [6, 6.07) is 7.91. The molecule has 5 atom stereocenters. The molecule has 14 nitrogen and oxygen atoms in total. The molecule has 2 heterocycles. The molecule has 3 unspecified atom stereocenters. The van der Waals surface area contributed by atoms with Gasteiger partial charge in [-0.15, -0.1) is 0 Å². The van der Waals surface area contributed by atoms with Crippen LogP contribution in [0.3, 0.4) is 0 Å². The van der Waals surface area contributed by atoms with Crippen LogP contribution in [0.25, 0.3) is 21.8 Å². The number of benzene rings is 4. The van der Waals surface area contributed by atoms with Crippen molar-refractivity contribution in [2.75, 3.05) is 0 Å². The van der Waals surface area contributed by atoms with Gasteiger partial charge in [0.15, 0.2) is 34.8 Å². The number of rotatable bonds is 12.